The largest absolute Gasteiger partial charge is 0.493 e. The summed E-state index contributed by atoms with van der Waals surface area (Å²) in [5, 5.41) is 5.63. The molecule has 0 spiro atoms. The molecule has 0 unspecified atom stereocenters. The zero-order valence-corrected chi connectivity index (χ0v) is 18.0. The van der Waals surface area contributed by atoms with Crippen LogP contribution in [0.1, 0.15) is 32.0 Å². The third kappa shape index (κ3) is 6.33. The van der Waals surface area contributed by atoms with Crippen LogP contribution in [0.15, 0.2) is 102 Å². The lowest BCUT2D eigenvalue weighted by molar-refractivity contribution is 0.0947. The fourth-order valence-electron chi connectivity index (χ4n) is 3.25. The maximum Gasteiger partial charge on any atom is 0.255 e. The van der Waals surface area contributed by atoms with Crippen molar-refractivity contribution in [1.82, 2.24) is 5.32 Å². The Labute approximate surface area is 192 Å². The van der Waals surface area contributed by atoms with Gasteiger partial charge in [-0.05, 0) is 60.2 Å². The van der Waals surface area contributed by atoms with Gasteiger partial charge in [0.05, 0.1) is 19.4 Å². The normalized spacial score (nSPS) is 10.4. The quantitative estimate of drug-likeness (QED) is 0.380. The molecule has 6 nitrogen and oxygen atoms in total. The van der Waals surface area contributed by atoms with E-state index in [9.17, 15) is 9.59 Å². The first-order valence-corrected chi connectivity index (χ1v) is 10.7. The highest BCUT2D eigenvalue weighted by Crippen LogP contribution is 2.17. The molecule has 166 valence electrons. The van der Waals surface area contributed by atoms with E-state index in [1.165, 1.54) is 5.56 Å². The van der Waals surface area contributed by atoms with Crippen molar-refractivity contribution in [3.8, 4) is 5.75 Å². The summed E-state index contributed by atoms with van der Waals surface area (Å²) >= 11 is 0. The molecule has 6 heteroatoms. The highest BCUT2D eigenvalue weighted by molar-refractivity contribution is 6.04. The second-order valence-corrected chi connectivity index (χ2v) is 7.41. The first-order valence-electron chi connectivity index (χ1n) is 10.7. The van der Waals surface area contributed by atoms with Crippen LogP contribution < -0.4 is 15.4 Å². The number of amides is 2. The molecule has 0 bridgehead atoms. The van der Waals surface area contributed by atoms with Gasteiger partial charge >= 0.3 is 0 Å². The molecule has 0 radical (unpaired) electrons. The zero-order valence-electron chi connectivity index (χ0n) is 18.0. The topological polar surface area (TPSA) is 80.6 Å². The van der Waals surface area contributed by atoms with Crippen LogP contribution in [0.4, 0.5) is 5.69 Å². The number of furan rings is 1. The standard InChI is InChI=1S/C27H24N2O4/c30-26(28-19-25-10-5-16-32-25)21-11-13-23(14-12-21)29-27(31)22-8-4-9-24(18-22)33-17-15-20-6-2-1-3-7-20/h1-14,16,18H,15,17,19H2,(H,28,30)(H,29,31). The second kappa shape index (κ2) is 10.8. The predicted molar refractivity (Wildman–Crippen MR) is 126 cm³/mol. The van der Waals surface area contributed by atoms with E-state index in [-0.39, 0.29) is 11.8 Å². The monoisotopic (exact) mass is 440 g/mol. The van der Waals surface area contributed by atoms with E-state index >= 15 is 0 Å². The number of rotatable bonds is 9. The van der Waals surface area contributed by atoms with E-state index in [1.807, 2.05) is 24.3 Å². The maximum absolute atomic E-state index is 12.7. The minimum absolute atomic E-state index is 0.218. The van der Waals surface area contributed by atoms with Crippen LogP contribution >= 0.6 is 0 Å². The fraction of sp³-hybridized carbons (Fsp3) is 0.111. The molecule has 0 aliphatic heterocycles. The van der Waals surface area contributed by atoms with Crippen molar-refractivity contribution in [3.63, 3.8) is 0 Å². The van der Waals surface area contributed by atoms with E-state index in [0.717, 1.165) is 6.42 Å². The highest BCUT2D eigenvalue weighted by atomic mass is 16.5. The van der Waals surface area contributed by atoms with Gasteiger partial charge in [0.2, 0.25) is 0 Å². The minimum atomic E-state index is -0.251. The number of carbonyl (C=O) groups excluding carboxylic acids is 2. The molecule has 1 aromatic heterocycles. The lowest BCUT2D eigenvalue weighted by atomic mass is 10.1. The van der Waals surface area contributed by atoms with Crippen molar-refractivity contribution in [2.75, 3.05) is 11.9 Å². The zero-order chi connectivity index (χ0) is 22.9. The molecule has 2 N–H and O–H groups in total. The van der Waals surface area contributed by atoms with Crippen LogP contribution in [0.2, 0.25) is 0 Å². The molecule has 2 amide bonds. The van der Waals surface area contributed by atoms with Gasteiger partial charge in [-0.2, -0.15) is 0 Å². The van der Waals surface area contributed by atoms with Crippen molar-refractivity contribution in [3.05, 3.63) is 120 Å². The molecule has 0 saturated heterocycles. The molecule has 0 fully saturated rings. The summed E-state index contributed by atoms with van der Waals surface area (Å²) in [6, 6.07) is 27.4. The van der Waals surface area contributed by atoms with E-state index in [0.29, 0.717) is 41.5 Å². The van der Waals surface area contributed by atoms with Crippen molar-refractivity contribution in [2.45, 2.75) is 13.0 Å². The number of carbonyl (C=O) groups is 2. The molecule has 0 atom stereocenters. The average molecular weight is 440 g/mol. The molecule has 0 aliphatic carbocycles. The molecule has 0 aliphatic rings. The Bertz CT molecular complexity index is 1190. The summed E-state index contributed by atoms with van der Waals surface area (Å²) in [5.74, 6) is 0.851. The van der Waals surface area contributed by atoms with E-state index in [2.05, 4.69) is 22.8 Å². The van der Waals surface area contributed by atoms with Gasteiger partial charge in [0, 0.05) is 23.2 Å². The SMILES string of the molecule is O=C(NCc1ccco1)c1ccc(NC(=O)c2cccc(OCCc3ccccc3)c2)cc1. The van der Waals surface area contributed by atoms with Gasteiger partial charge in [0.15, 0.2) is 0 Å². The van der Waals surface area contributed by atoms with Crippen LogP contribution in [0.3, 0.4) is 0 Å². The molecular formula is C27H24N2O4. The Morgan fingerprint density at radius 1 is 0.788 bits per heavy atom. The van der Waals surface area contributed by atoms with Crippen LogP contribution in [-0.2, 0) is 13.0 Å². The van der Waals surface area contributed by atoms with Gasteiger partial charge in [0.25, 0.3) is 11.8 Å². The van der Waals surface area contributed by atoms with Crippen LogP contribution in [-0.4, -0.2) is 18.4 Å². The number of ether oxygens (including phenoxy) is 1. The molecule has 33 heavy (non-hydrogen) atoms. The molecule has 1 heterocycles. The van der Waals surface area contributed by atoms with Gasteiger partial charge in [-0.3, -0.25) is 9.59 Å². The highest BCUT2D eigenvalue weighted by Gasteiger charge is 2.10. The van der Waals surface area contributed by atoms with E-state index in [1.54, 1.807) is 60.9 Å². The van der Waals surface area contributed by atoms with Crippen molar-refractivity contribution >= 4 is 17.5 Å². The van der Waals surface area contributed by atoms with Gasteiger partial charge in [-0.15, -0.1) is 0 Å². The molecule has 0 saturated carbocycles. The molecule has 4 rings (SSSR count). The fourth-order valence-corrected chi connectivity index (χ4v) is 3.25. The minimum Gasteiger partial charge on any atom is -0.493 e. The predicted octanol–water partition coefficient (Wildman–Crippen LogP) is 5.08. The number of anilines is 1. The Balaban J connectivity index is 1.29. The summed E-state index contributed by atoms with van der Waals surface area (Å²) in [6.45, 7) is 0.840. The Morgan fingerprint density at radius 3 is 2.36 bits per heavy atom. The smallest absolute Gasteiger partial charge is 0.255 e. The molecule has 4 aromatic rings. The third-order valence-electron chi connectivity index (χ3n) is 5.01. The number of hydrogen-bond acceptors (Lipinski definition) is 4. The summed E-state index contributed by atoms with van der Waals surface area (Å²) in [7, 11) is 0. The summed E-state index contributed by atoms with van der Waals surface area (Å²) < 4.78 is 11.0. The Hall–Kier alpha value is -4.32. The van der Waals surface area contributed by atoms with Crippen molar-refractivity contribution in [2.24, 2.45) is 0 Å². The van der Waals surface area contributed by atoms with Gasteiger partial charge in [-0.1, -0.05) is 36.4 Å². The number of nitrogens with one attached hydrogen (secondary N) is 2. The average Bonchev–Trinajstić information content (AvgIpc) is 3.38. The Kier molecular flexibility index (Phi) is 7.18. The van der Waals surface area contributed by atoms with Crippen molar-refractivity contribution < 1.29 is 18.7 Å². The van der Waals surface area contributed by atoms with Crippen LogP contribution in [0.25, 0.3) is 0 Å². The molecule has 3 aromatic carbocycles. The first kappa shape index (κ1) is 21.9. The van der Waals surface area contributed by atoms with E-state index < -0.39 is 0 Å². The van der Waals surface area contributed by atoms with Gasteiger partial charge in [0.1, 0.15) is 11.5 Å². The van der Waals surface area contributed by atoms with E-state index in [4.69, 9.17) is 9.15 Å². The van der Waals surface area contributed by atoms with Crippen LogP contribution in [0.5, 0.6) is 5.75 Å². The third-order valence-corrected chi connectivity index (χ3v) is 5.01. The second-order valence-electron chi connectivity index (χ2n) is 7.41. The Morgan fingerprint density at radius 2 is 1.61 bits per heavy atom. The molecular weight excluding hydrogens is 416 g/mol. The van der Waals surface area contributed by atoms with Crippen molar-refractivity contribution in [1.29, 1.82) is 0 Å². The van der Waals surface area contributed by atoms with Crippen LogP contribution in [0, 0.1) is 0 Å². The summed E-state index contributed by atoms with van der Waals surface area (Å²) in [6.07, 6.45) is 2.35. The lowest BCUT2D eigenvalue weighted by Gasteiger charge is -2.10. The number of hydrogen-bond donors (Lipinski definition) is 2. The first-order chi connectivity index (χ1) is 16.2. The summed E-state index contributed by atoms with van der Waals surface area (Å²) in [4.78, 5) is 24.9. The maximum atomic E-state index is 12.7. The van der Waals surface area contributed by atoms with Gasteiger partial charge < -0.3 is 19.8 Å². The lowest BCUT2D eigenvalue weighted by Crippen LogP contribution is -2.22. The van der Waals surface area contributed by atoms with Gasteiger partial charge in [-0.25, -0.2) is 0 Å². The summed E-state index contributed by atoms with van der Waals surface area (Å²) in [5.41, 5.74) is 2.78. The number of benzene rings is 3.